The summed E-state index contributed by atoms with van der Waals surface area (Å²) >= 11 is 0. The highest BCUT2D eigenvalue weighted by Crippen LogP contribution is 2.42. The Hall–Kier alpha value is -0.160. The Labute approximate surface area is 544 Å². The fraction of sp³-hybridized carbons (Fsp3) is 1.00. The molecule has 4 nitrogen and oxygen atoms in total. The molecule has 0 radical (unpaired) electrons. The van der Waals surface area contributed by atoms with Crippen LogP contribution in [0.2, 0.25) is 0 Å². The molecule has 0 rings (SSSR count). The molecule has 0 saturated carbocycles. The molecule has 0 saturated heterocycles. The van der Waals surface area contributed by atoms with Crippen molar-refractivity contribution in [2.75, 3.05) is 6.54 Å². The van der Waals surface area contributed by atoms with Crippen molar-refractivity contribution in [3.05, 3.63) is 0 Å². The van der Waals surface area contributed by atoms with E-state index < -0.39 is 23.3 Å². The van der Waals surface area contributed by atoms with E-state index in [-0.39, 0.29) is 0 Å². The Morgan fingerprint density at radius 2 is 0.395 bits per heavy atom. The van der Waals surface area contributed by atoms with Crippen LogP contribution in [0.3, 0.4) is 0 Å². The van der Waals surface area contributed by atoms with E-state index in [1.807, 2.05) is 0 Å². The molecule has 86 heavy (non-hydrogen) atoms. The van der Waals surface area contributed by atoms with Crippen molar-refractivity contribution in [1.82, 2.24) is 5.32 Å². The van der Waals surface area contributed by atoms with Gasteiger partial charge in [0.15, 0.2) is 0 Å². The molecule has 0 fully saturated rings. The minimum absolute atomic E-state index is 0.632. The Kier molecular flexibility index (Phi) is 70.6. The summed E-state index contributed by atoms with van der Waals surface area (Å²) in [7, 11) is 0. The van der Waals surface area contributed by atoms with Crippen molar-refractivity contribution in [3.8, 4) is 0 Å². The average Bonchev–Trinajstić information content (AvgIpc) is 1.54. The molecule has 4 N–H and O–H groups in total. The second-order valence-electron chi connectivity index (χ2n) is 29.3. The average molecular weight is 1220 g/mol. The molecule has 0 unspecified atom stereocenters. The lowest BCUT2D eigenvalue weighted by molar-refractivity contribution is -0.154. The second kappa shape index (κ2) is 70.7. The van der Waals surface area contributed by atoms with E-state index in [1.54, 1.807) is 0 Å². The van der Waals surface area contributed by atoms with Gasteiger partial charge in [0.25, 0.3) is 0 Å². The third-order valence-corrected chi connectivity index (χ3v) is 20.8. The van der Waals surface area contributed by atoms with Crippen LogP contribution < -0.4 is 5.32 Å². The Balaban J connectivity index is 6.29. The zero-order chi connectivity index (χ0) is 62.5. The molecule has 0 aromatic heterocycles. The summed E-state index contributed by atoms with van der Waals surface area (Å²) < 4.78 is 0. The SMILES string of the molecule is CCCCCCCCCCCCCCCCN[C@](CCCCCCCCCCCCCCCC)([C@H](O)[C@H](O)CCCCCCCCCCCCCC)C(O)(CCCCCCCCCCCCCCCC)CCCCCCCCCCCCCCCC. The first kappa shape index (κ1) is 85.8. The van der Waals surface area contributed by atoms with Gasteiger partial charge in [-0.05, 0) is 38.6 Å². The first-order valence-electron chi connectivity index (χ1n) is 41.2. The minimum atomic E-state index is -1.06. The predicted octanol–water partition coefficient (Wildman–Crippen LogP) is 28.0. The van der Waals surface area contributed by atoms with Crippen LogP contribution in [0.1, 0.15) is 497 Å². The normalized spacial score (nSPS) is 13.5. The molecule has 4 heteroatoms. The largest absolute Gasteiger partial charge is 0.390 e. The summed E-state index contributed by atoms with van der Waals surface area (Å²) in [5.74, 6) is 0. The molecule has 0 amide bonds. The Morgan fingerprint density at radius 3 is 0.616 bits per heavy atom. The van der Waals surface area contributed by atoms with E-state index in [4.69, 9.17) is 0 Å². The van der Waals surface area contributed by atoms with E-state index in [2.05, 4.69) is 39.9 Å². The smallest absolute Gasteiger partial charge is 0.101 e. The van der Waals surface area contributed by atoms with Crippen LogP contribution in [0.25, 0.3) is 0 Å². The number of nitrogens with one attached hydrogen (secondary N) is 1. The summed E-state index contributed by atoms with van der Waals surface area (Å²) in [5, 5.41) is 43.5. The van der Waals surface area contributed by atoms with Gasteiger partial charge in [-0.3, -0.25) is 0 Å². The number of rotatable bonds is 77. The summed E-state index contributed by atoms with van der Waals surface area (Å²) in [4.78, 5) is 0. The molecule has 518 valence electrons. The van der Waals surface area contributed by atoms with Gasteiger partial charge in [-0.1, -0.05) is 465 Å². The summed E-state index contributed by atoms with van der Waals surface area (Å²) in [6, 6.07) is 0. The van der Waals surface area contributed by atoms with E-state index in [0.29, 0.717) is 6.42 Å². The van der Waals surface area contributed by atoms with Gasteiger partial charge in [-0.25, -0.2) is 0 Å². The third-order valence-electron chi connectivity index (χ3n) is 20.8. The molecule has 0 aromatic rings. The molecule has 0 aliphatic heterocycles. The van der Waals surface area contributed by atoms with Crippen molar-refractivity contribution >= 4 is 0 Å². The lowest BCUT2D eigenvalue weighted by Gasteiger charge is -2.53. The molecule has 3 atom stereocenters. The highest BCUT2D eigenvalue weighted by molar-refractivity contribution is 5.11. The van der Waals surface area contributed by atoms with E-state index in [1.165, 1.54) is 379 Å². The zero-order valence-corrected chi connectivity index (χ0v) is 60.6. The molecule has 0 aliphatic carbocycles. The van der Waals surface area contributed by atoms with Crippen LogP contribution in [-0.2, 0) is 0 Å². The lowest BCUT2D eigenvalue weighted by atomic mass is 9.65. The summed E-state index contributed by atoms with van der Waals surface area (Å²) in [5.41, 5.74) is -1.98. The van der Waals surface area contributed by atoms with Crippen molar-refractivity contribution < 1.29 is 15.3 Å². The van der Waals surface area contributed by atoms with E-state index in [0.717, 1.165) is 83.6 Å². The van der Waals surface area contributed by atoms with Gasteiger partial charge in [0.2, 0.25) is 0 Å². The van der Waals surface area contributed by atoms with Gasteiger partial charge >= 0.3 is 0 Å². The van der Waals surface area contributed by atoms with Crippen LogP contribution in [0.4, 0.5) is 0 Å². The van der Waals surface area contributed by atoms with Gasteiger partial charge < -0.3 is 20.6 Å². The van der Waals surface area contributed by atoms with E-state index in [9.17, 15) is 15.3 Å². The standard InChI is InChI=1S/C82H167NO3/c1-6-11-16-21-26-31-36-41-45-50-55-60-65-70-75-81(86,76-71-66-61-56-51-46-42-37-32-27-22-17-12-7-2)82(77-72-67-62-57-52-47-43-38-33-28-23-18-13-8-3,83-78-73-68-63-58-53-48-44-39-34-29-24-19-14-9-4)80(85)79(84)74-69-64-59-54-49-40-35-30-25-20-15-10-5/h79-80,83-86H,6-78H2,1-5H3/t79-,80-,82-/m1/s1. The van der Waals surface area contributed by atoms with Gasteiger partial charge in [0.05, 0.1) is 17.2 Å². The second-order valence-corrected chi connectivity index (χ2v) is 29.3. The predicted molar refractivity (Wildman–Crippen MR) is 388 cm³/mol. The maximum absolute atomic E-state index is 13.9. The number of aliphatic hydroxyl groups excluding tert-OH is 2. The Morgan fingerprint density at radius 1 is 0.221 bits per heavy atom. The first-order valence-corrected chi connectivity index (χ1v) is 41.2. The third kappa shape index (κ3) is 55.5. The quantitative estimate of drug-likeness (QED) is 0.0458. The maximum atomic E-state index is 13.9. The number of hydrogen-bond donors (Lipinski definition) is 4. The van der Waals surface area contributed by atoms with Crippen LogP contribution in [0, 0.1) is 0 Å². The maximum Gasteiger partial charge on any atom is 0.101 e. The lowest BCUT2D eigenvalue weighted by Crippen LogP contribution is -2.71. The molecule has 0 spiro atoms. The molecule has 0 heterocycles. The monoisotopic (exact) mass is 1210 g/mol. The van der Waals surface area contributed by atoms with E-state index >= 15 is 0 Å². The van der Waals surface area contributed by atoms with Crippen molar-refractivity contribution in [2.45, 2.75) is 520 Å². The van der Waals surface area contributed by atoms with Gasteiger partial charge in [0.1, 0.15) is 6.10 Å². The summed E-state index contributed by atoms with van der Waals surface area (Å²) in [6.45, 7) is 12.4. The zero-order valence-electron chi connectivity index (χ0n) is 60.6. The fourth-order valence-electron chi connectivity index (χ4n) is 14.7. The first-order chi connectivity index (χ1) is 42.4. The van der Waals surface area contributed by atoms with Gasteiger partial charge in [-0.15, -0.1) is 0 Å². The van der Waals surface area contributed by atoms with Crippen LogP contribution in [-0.4, -0.2) is 45.2 Å². The van der Waals surface area contributed by atoms with Crippen molar-refractivity contribution in [3.63, 3.8) is 0 Å². The topological polar surface area (TPSA) is 72.7 Å². The molecular formula is C82H167NO3. The number of unbranched alkanes of at least 4 members (excludes halogenated alkanes) is 63. The number of hydrogen-bond acceptors (Lipinski definition) is 4. The molecular weight excluding hydrogens is 1050 g/mol. The van der Waals surface area contributed by atoms with Gasteiger partial charge in [0, 0.05) is 0 Å². The molecule has 0 aromatic carbocycles. The summed E-state index contributed by atoms with van der Waals surface area (Å²) in [6.07, 6.45) is 91.2. The fourth-order valence-corrected chi connectivity index (χ4v) is 14.7. The van der Waals surface area contributed by atoms with Crippen LogP contribution in [0.15, 0.2) is 0 Å². The Bertz CT molecular complexity index is 1190. The number of aliphatic hydroxyl groups is 3. The van der Waals surface area contributed by atoms with Gasteiger partial charge in [-0.2, -0.15) is 0 Å². The van der Waals surface area contributed by atoms with Crippen LogP contribution >= 0.6 is 0 Å². The van der Waals surface area contributed by atoms with Crippen molar-refractivity contribution in [1.29, 1.82) is 0 Å². The minimum Gasteiger partial charge on any atom is -0.390 e. The highest BCUT2D eigenvalue weighted by atomic mass is 16.3. The molecule has 0 bridgehead atoms. The van der Waals surface area contributed by atoms with Crippen LogP contribution in [0.5, 0.6) is 0 Å². The molecule has 0 aliphatic rings. The van der Waals surface area contributed by atoms with Crippen molar-refractivity contribution in [2.24, 2.45) is 0 Å². The highest BCUT2D eigenvalue weighted by Gasteiger charge is 2.55.